The van der Waals surface area contributed by atoms with E-state index in [4.69, 9.17) is 4.74 Å². The highest BCUT2D eigenvalue weighted by atomic mass is 16.5. The Hall–Kier alpha value is -3.93. The van der Waals surface area contributed by atoms with Gasteiger partial charge in [0, 0.05) is 7.05 Å². The predicted octanol–water partition coefficient (Wildman–Crippen LogP) is 3.85. The third kappa shape index (κ3) is 4.72. The number of hydrazone groups is 1. The monoisotopic (exact) mass is 398 g/mol. The fraction of sp³-hybridized carbons (Fsp3) is 0.125. The Balaban J connectivity index is 1.33. The number of carbonyl (C=O) groups is 1. The lowest BCUT2D eigenvalue weighted by atomic mass is 10.2. The van der Waals surface area contributed by atoms with E-state index in [0.29, 0.717) is 12.4 Å². The van der Waals surface area contributed by atoms with Gasteiger partial charge in [-0.2, -0.15) is 5.10 Å². The molecule has 0 aliphatic carbocycles. The summed E-state index contributed by atoms with van der Waals surface area (Å²) in [6.07, 6.45) is 1.75. The third-order valence-electron chi connectivity index (χ3n) is 4.71. The summed E-state index contributed by atoms with van der Waals surface area (Å²) >= 11 is 0. The summed E-state index contributed by atoms with van der Waals surface area (Å²) in [6, 6.07) is 25.3. The average Bonchev–Trinajstić information content (AvgIpc) is 3.09. The number of aryl methyl sites for hydroxylation is 1. The molecule has 4 aromatic rings. The van der Waals surface area contributed by atoms with Crippen molar-refractivity contribution in [3.05, 3.63) is 95.8 Å². The van der Waals surface area contributed by atoms with E-state index >= 15 is 0 Å². The van der Waals surface area contributed by atoms with Crippen LogP contribution in [-0.2, 0) is 24.9 Å². The number of nitrogens with zero attached hydrogens (tertiary/aromatic N) is 3. The summed E-state index contributed by atoms with van der Waals surface area (Å²) in [5.74, 6) is 1.22. The zero-order chi connectivity index (χ0) is 20.8. The van der Waals surface area contributed by atoms with Crippen LogP contribution < -0.4 is 10.2 Å². The van der Waals surface area contributed by atoms with E-state index < -0.39 is 0 Å². The highest BCUT2D eigenvalue weighted by molar-refractivity contribution is 5.84. The number of benzene rings is 3. The molecule has 0 fully saturated rings. The molecule has 1 amide bonds. The zero-order valence-corrected chi connectivity index (χ0v) is 16.7. The minimum atomic E-state index is -0.221. The highest BCUT2D eigenvalue weighted by Gasteiger charge is 2.11. The quantitative estimate of drug-likeness (QED) is 0.380. The number of ether oxygens (including phenoxy) is 1. The average molecular weight is 398 g/mol. The number of fused-ring (bicyclic) bond motifs is 1. The van der Waals surface area contributed by atoms with Gasteiger partial charge in [0.2, 0.25) is 5.91 Å². The lowest BCUT2D eigenvalue weighted by Gasteiger charge is -2.06. The van der Waals surface area contributed by atoms with E-state index in [0.717, 1.165) is 27.9 Å². The molecule has 0 saturated carbocycles. The van der Waals surface area contributed by atoms with Crippen molar-refractivity contribution >= 4 is 23.2 Å². The van der Waals surface area contributed by atoms with Gasteiger partial charge in [-0.05, 0) is 35.4 Å². The standard InChI is InChI=1S/C24H22N4O2/c1-28-22-13-6-5-12-21(22)26-23(28)15-24(29)27-25-16-19-10-7-11-20(14-19)30-17-18-8-3-2-4-9-18/h2-14,16H,15,17H2,1H3,(H,27,29)/b25-16+. The number of nitrogens with one attached hydrogen (secondary N) is 1. The molecule has 0 unspecified atom stereocenters. The second-order valence-electron chi connectivity index (χ2n) is 6.89. The maximum atomic E-state index is 12.3. The van der Waals surface area contributed by atoms with E-state index in [1.807, 2.05) is 90.5 Å². The van der Waals surface area contributed by atoms with Gasteiger partial charge >= 0.3 is 0 Å². The van der Waals surface area contributed by atoms with Crippen molar-refractivity contribution in [3.8, 4) is 5.75 Å². The van der Waals surface area contributed by atoms with Crippen molar-refractivity contribution in [3.63, 3.8) is 0 Å². The normalized spacial score (nSPS) is 11.1. The molecule has 1 aromatic heterocycles. The van der Waals surface area contributed by atoms with Gasteiger partial charge < -0.3 is 9.30 Å². The maximum Gasteiger partial charge on any atom is 0.247 e. The van der Waals surface area contributed by atoms with Gasteiger partial charge in [0.25, 0.3) is 0 Å². The molecule has 0 aliphatic heterocycles. The first-order valence-electron chi connectivity index (χ1n) is 9.68. The molecular weight excluding hydrogens is 376 g/mol. The lowest BCUT2D eigenvalue weighted by Crippen LogP contribution is -2.21. The number of hydrogen-bond donors (Lipinski definition) is 1. The van der Waals surface area contributed by atoms with E-state index in [2.05, 4.69) is 15.5 Å². The molecule has 0 radical (unpaired) electrons. The Bertz CT molecular complexity index is 1180. The molecule has 30 heavy (non-hydrogen) atoms. The fourth-order valence-corrected chi connectivity index (χ4v) is 3.14. The molecule has 1 N–H and O–H groups in total. The van der Waals surface area contributed by atoms with Crippen molar-refractivity contribution in [2.45, 2.75) is 13.0 Å². The second kappa shape index (κ2) is 9.05. The Kier molecular flexibility index (Phi) is 5.85. The van der Waals surface area contributed by atoms with Gasteiger partial charge in [-0.3, -0.25) is 4.79 Å². The number of imidazole rings is 1. The van der Waals surface area contributed by atoms with Crippen LogP contribution in [0.25, 0.3) is 11.0 Å². The van der Waals surface area contributed by atoms with Gasteiger partial charge in [-0.25, -0.2) is 10.4 Å². The number of hydrogen-bond acceptors (Lipinski definition) is 4. The molecule has 0 atom stereocenters. The van der Waals surface area contributed by atoms with Crippen LogP contribution in [0.2, 0.25) is 0 Å². The highest BCUT2D eigenvalue weighted by Crippen LogP contribution is 2.15. The van der Waals surface area contributed by atoms with Crippen molar-refractivity contribution < 1.29 is 9.53 Å². The maximum absolute atomic E-state index is 12.3. The molecule has 4 rings (SSSR count). The van der Waals surface area contributed by atoms with Crippen LogP contribution in [0.4, 0.5) is 0 Å². The molecular formula is C24H22N4O2. The molecule has 6 heteroatoms. The summed E-state index contributed by atoms with van der Waals surface area (Å²) in [5.41, 5.74) is 6.37. The van der Waals surface area contributed by atoms with Crippen molar-refractivity contribution in [2.24, 2.45) is 12.1 Å². The van der Waals surface area contributed by atoms with Gasteiger partial charge in [0.05, 0.1) is 23.7 Å². The van der Waals surface area contributed by atoms with Crippen LogP contribution in [0.3, 0.4) is 0 Å². The first-order chi connectivity index (χ1) is 14.7. The minimum absolute atomic E-state index is 0.156. The number of carbonyl (C=O) groups excluding carboxylic acids is 1. The smallest absolute Gasteiger partial charge is 0.247 e. The van der Waals surface area contributed by atoms with Crippen LogP contribution in [0, 0.1) is 0 Å². The number of aromatic nitrogens is 2. The Morgan fingerprint density at radius 1 is 1.07 bits per heavy atom. The van der Waals surface area contributed by atoms with Crippen LogP contribution in [0.15, 0.2) is 84.0 Å². The molecule has 0 saturated heterocycles. The van der Waals surface area contributed by atoms with E-state index in [-0.39, 0.29) is 12.3 Å². The third-order valence-corrected chi connectivity index (χ3v) is 4.71. The van der Waals surface area contributed by atoms with Crippen molar-refractivity contribution in [1.82, 2.24) is 15.0 Å². The Morgan fingerprint density at radius 3 is 2.70 bits per heavy atom. The van der Waals surface area contributed by atoms with Crippen molar-refractivity contribution in [2.75, 3.05) is 0 Å². The van der Waals surface area contributed by atoms with Crippen LogP contribution in [-0.4, -0.2) is 21.7 Å². The first-order valence-corrected chi connectivity index (χ1v) is 9.68. The lowest BCUT2D eigenvalue weighted by molar-refractivity contribution is -0.120. The number of rotatable bonds is 7. The minimum Gasteiger partial charge on any atom is -0.489 e. The molecule has 6 nitrogen and oxygen atoms in total. The van der Waals surface area contributed by atoms with Crippen LogP contribution >= 0.6 is 0 Å². The number of amides is 1. The zero-order valence-electron chi connectivity index (χ0n) is 16.7. The van der Waals surface area contributed by atoms with Crippen LogP contribution in [0.5, 0.6) is 5.75 Å². The van der Waals surface area contributed by atoms with Crippen LogP contribution in [0.1, 0.15) is 17.0 Å². The summed E-state index contributed by atoms with van der Waals surface area (Å²) < 4.78 is 7.74. The van der Waals surface area contributed by atoms with Gasteiger partial charge in [-0.1, -0.05) is 54.6 Å². The Morgan fingerprint density at radius 2 is 1.87 bits per heavy atom. The molecule has 1 heterocycles. The Labute approximate surface area is 174 Å². The number of para-hydroxylation sites is 2. The first kappa shape index (κ1) is 19.4. The van der Waals surface area contributed by atoms with Gasteiger partial charge in [-0.15, -0.1) is 0 Å². The topological polar surface area (TPSA) is 68.5 Å². The fourth-order valence-electron chi connectivity index (χ4n) is 3.14. The summed E-state index contributed by atoms with van der Waals surface area (Å²) in [7, 11) is 1.90. The molecule has 3 aromatic carbocycles. The largest absolute Gasteiger partial charge is 0.489 e. The summed E-state index contributed by atoms with van der Waals surface area (Å²) in [6.45, 7) is 0.496. The second-order valence-corrected chi connectivity index (χ2v) is 6.89. The molecule has 0 spiro atoms. The summed E-state index contributed by atoms with van der Waals surface area (Å²) in [4.78, 5) is 16.8. The van der Waals surface area contributed by atoms with Crippen molar-refractivity contribution in [1.29, 1.82) is 0 Å². The molecule has 0 aliphatic rings. The van der Waals surface area contributed by atoms with E-state index in [9.17, 15) is 4.79 Å². The van der Waals surface area contributed by atoms with E-state index in [1.165, 1.54) is 0 Å². The van der Waals surface area contributed by atoms with Gasteiger partial charge in [0.15, 0.2) is 0 Å². The predicted molar refractivity (Wildman–Crippen MR) is 117 cm³/mol. The summed E-state index contributed by atoms with van der Waals surface area (Å²) in [5, 5.41) is 4.06. The van der Waals surface area contributed by atoms with Gasteiger partial charge in [0.1, 0.15) is 18.2 Å². The SMILES string of the molecule is Cn1c(CC(=O)N/N=C/c2cccc(OCc3ccccc3)c2)nc2ccccc21. The van der Waals surface area contributed by atoms with E-state index in [1.54, 1.807) is 6.21 Å². The molecule has 150 valence electrons. The molecule has 0 bridgehead atoms.